The summed E-state index contributed by atoms with van der Waals surface area (Å²) in [6, 6.07) is 8.09. The Balaban J connectivity index is 1.79. The van der Waals surface area contributed by atoms with Crippen molar-refractivity contribution in [3.63, 3.8) is 0 Å². The van der Waals surface area contributed by atoms with Crippen LogP contribution in [0.2, 0.25) is 0 Å². The third kappa shape index (κ3) is 5.33. The van der Waals surface area contributed by atoms with E-state index >= 15 is 0 Å². The van der Waals surface area contributed by atoms with Gasteiger partial charge in [-0.2, -0.15) is 0 Å². The van der Waals surface area contributed by atoms with Gasteiger partial charge in [0.05, 0.1) is 17.1 Å². The molecule has 1 unspecified atom stereocenters. The molecule has 1 amide bonds. The number of rotatable bonds is 7. The standard InChI is InChI=1S/C17H23NO5S/c1-13(17(20)18-14-7-5-6-8-14)23-16(19)11-12-24(21,22)15-9-3-2-4-10-15/h2-4,9-10,13-14H,5-8,11-12H2,1H3,(H,18,20). The van der Waals surface area contributed by atoms with Gasteiger partial charge in [-0.15, -0.1) is 0 Å². The quantitative estimate of drug-likeness (QED) is 0.756. The molecule has 1 atom stereocenters. The summed E-state index contributed by atoms with van der Waals surface area (Å²) in [5.41, 5.74) is 0. The fraction of sp³-hybridized carbons (Fsp3) is 0.529. The van der Waals surface area contributed by atoms with Gasteiger partial charge in [-0.1, -0.05) is 31.0 Å². The first-order valence-electron chi connectivity index (χ1n) is 8.16. The van der Waals surface area contributed by atoms with Gasteiger partial charge < -0.3 is 10.1 Å². The van der Waals surface area contributed by atoms with Crippen molar-refractivity contribution in [3.05, 3.63) is 30.3 Å². The third-order valence-corrected chi connectivity index (χ3v) is 5.79. The molecular formula is C17H23NO5S. The number of esters is 1. The molecule has 7 heteroatoms. The van der Waals surface area contributed by atoms with Crippen molar-refractivity contribution >= 4 is 21.7 Å². The zero-order chi connectivity index (χ0) is 17.6. The van der Waals surface area contributed by atoms with E-state index in [1.807, 2.05) is 0 Å². The second kappa shape index (κ2) is 8.28. The molecule has 0 saturated heterocycles. The van der Waals surface area contributed by atoms with E-state index in [0.29, 0.717) is 0 Å². The highest BCUT2D eigenvalue weighted by atomic mass is 32.2. The van der Waals surface area contributed by atoms with Crippen LogP contribution in [0.4, 0.5) is 0 Å². The van der Waals surface area contributed by atoms with Gasteiger partial charge in [0.2, 0.25) is 0 Å². The second-order valence-corrected chi connectivity index (χ2v) is 8.11. The van der Waals surface area contributed by atoms with Gasteiger partial charge in [0.1, 0.15) is 0 Å². The Kier molecular flexibility index (Phi) is 6.36. The highest BCUT2D eigenvalue weighted by molar-refractivity contribution is 7.91. The van der Waals surface area contributed by atoms with E-state index in [4.69, 9.17) is 4.74 Å². The van der Waals surface area contributed by atoms with Crippen LogP contribution in [0, 0.1) is 0 Å². The molecule has 1 aromatic rings. The lowest BCUT2D eigenvalue weighted by Gasteiger charge is -2.17. The molecule has 6 nitrogen and oxygen atoms in total. The Morgan fingerprint density at radius 1 is 1.21 bits per heavy atom. The normalized spacial score (nSPS) is 16.5. The summed E-state index contributed by atoms with van der Waals surface area (Å²) in [6.45, 7) is 1.49. The molecule has 1 fully saturated rings. The van der Waals surface area contributed by atoms with Crippen LogP contribution < -0.4 is 5.32 Å². The molecule has 1 aliphatic rings. The number of amides is 1. The molecule has 0 bridgehead atoms. The minimum absolute atomic E-state index is 0.150. The van der Waals surface area contributed by atoms with Gasteiger partial charge in [-0.05, 0) is 31.9 Å². The average molecular weight is 353 g/mol. The predicted molar refractivity (Wildman–Crippen MR) is 89.1 cm³/mol. The molecule has 1 saturated carbocycles. The summed E-state index contributed by atoms with van der Waals surface area (Å²) in [6.07, 6.45) is 2.88. The van der Waals surface area contributed by atoms with Crippen LogP contribution in [-0.4, -0.2) is 38.2 Å². The topological polar surface area (TPSA) is 89.5 Å². The van der Waals surface area contributed by atoms with Crippen molar-refractivity contribution in [3.8, 4) is 0 Å². The molecule has 1 aliphatic carbocycles. The van der Waals surface area contributed by atoms with Crippen molar-refractivity contribution in [1.82, 2.24) is 5.32 Å². The lowest BCUT2D eigenvalue weighted by atomic mass is 10.2. The zero-order valence-electron chi connectivity index (χ0n) is 13.7. The van der Waals surface area contributed by atoms with E-state index in [-0.39, 0.29) is 29.0 Å². The van der Waals surface area contributed by atoms with E-state index in [2.05, 4.69) is 5.32 Å². The van der Waals surface area contributed by atoms with Gasteiger partial charge >= 0.3 is 5.97 Å². The van der Waals surface area contributed by atoms with Crippen molar-refractivity contribution in [1.29, 1.82) is 0 Å². The molecular weight excluding hydrogens is 330 g/mol. The van der Waals surface area contributed by atoms with Crippen LogP contribution in [0.15, 0.2) is 35.2 Å². The van der Waals surface area contributed by atoms with Crippen molar-refractivity contribution in [2.45, 2.75) is 56.1 Å². The van der Waals surface area contributed by atoms with E-state index in [1.54, 1.807) is 18.2 Å². The third-order valence-electron chi connectivity index (χ3n) is 4.06. The fourth-order valence-electron chi connectivity index (χ4n) is 2.66. The minimum atomic E-state index is -3.53. The van der Waals surface area contributed by atoms with Crippen molar-refractivity contribution < 1.29 is 22.7 Å². The zero-order valence-corrected chi connectivity index (χ0v) is 14.6. The average Bonchev–Trinajstić information content (AvgIpc) is 3.07. The number of benzene rings is 1. The summed E-state index contributed by atoms with van der Waals surface area (Å²) >= 11 is 0. The van der Waals surface area contributed by atoms with E-state index in [0.717, 1.165) is 25.7 Å². The smallest absolute Gasteiger partial charge is 0.307 e. The summed E-state index contributed by atoms with van der Waals surface area (Å²) < 4.78 is 29.2. The van der Waals surface area contributed by atoms with Crippen molar-refractivity contribution in [2.75, 3.05) is 5.75 Å². The van der Waals surface area contributed by atoms with Gasteiger partial charge in [0.15, 0.2) is 15.9 Å². The van der Waals surface area contributed by atoms with Gasteiger partial charge in [0, 0.05) is 6.04 Å². The molecule has 0 aliphatic heterocycles. The summed E-state index contributed by atoms with van der Waals surface area (Å²) in [7, 11) is -3.53. The molecule has 24 heavy (non-hydrogen) atoms. The van der Waals surface area contributed by atoms with Crippen LogP contribution in [0.3, 0.4) is 0 Å². The molecule has 132 valence electrons. The predicted octanol–water partition coefficient (Wildman–Crippen LogP) is 1.84. The highest BCUT2D eigenvalue weighted by Crippen LogP contribution is 2.18. The van der Waals surface area contributed by atoms with E-state index in [1.165, 1.54) is 19.1 Å². The van der Waals surface area contributed by atoms with Crippen LogP contribution in [-0.2, 0) is 24.2 Å². The van der Waals surface area contributed by atoms with E-state index < -0.39 is 21.9 Å². The minimum Gasteiger partial charge on any atom is -0.453 e. The Morgan fingerprint density at radius 2 is 1.83 bits per heavy atom. The maximum Gasteiger partial charge on any atom is 0.307 e. The lowest BCUT2D eigenvalue weighted by molar-refractivity contribution is -0.154. The van der Waals surface area contributed by atoms with Crippen LogP contribution >= 0.6 is 0 Å². The molecule has 0 heterocycles. The number of hydrogen-bond acceptors (Lipinski definition) is 5. The van der Waals surface area contributed by atoms with Crippen LogP contribution in [0.1, 0.15) is 39.0 Å². The van der Waals surface area contributed by atoms with Crippen LogP contribution in [0.25, 0.3) is 0 Å². The highest BCUT2D eigenvalue weighted by Gasteiger charge is 2.24. The summed E-state index contributed by atoms with van der Waals surface area (Å²) in [5, 5.41) is 2.85. The van der Waals surface area contributed by atoms with Gasteiger partial charge in [-0.25, -0.2) is 8.42 Å². The number of ether oxygens (including phenoxy) is 1. The second-order valence-electron chi connectivity index (χ2n) is 6.00. The maximum atomic E-state index is 12.1. The number of carbonyl (C=O) groups is 2. The monoisotopic (exact) mass is 353 g/mol. The van der Waals surface area contributed by atoms with Crippen molar-refractivity contribution in [2.24, 2.45) is 0 Å². The number of carbonyl (C=O) groups excluding carboxylic acids is 2. The lowest BCUT2D eigenvalue weighted by Crippen LogP contribution is -2.41. The maximum absolute atomic E-state index is 12.1. The molecule has 2 rings (SSSR count). The largest absolute Gasteiger partial charge is 0.453 e. The van der Waals surface area contributed by atoms with E-state index in [9.17, 15) is 18.0 Å². The number of nitrogens with one attached hydrogen (secondary N) is 1. The van der Waals surface area contributed by atoms with Crippen LogP contribution in [0.5, 0.6) is 0 Å². The van der Waals surface area contributed by atoms with Gasteiger partial charge in [-0.3, -0.25) is 9.59 Å². The fourth-order valence-corrected chi connectivity index (χ4v) is 3.90. The summed E-state index contributed by atoms with van der Waals surface area (Å²) in [5.74, 6) is -1.36. The molecule has 0 spiro atoms. The molecule has 0 aromatic heterocycles. The number of sulfone groups is 1. The Morgan fingerprint density at radius 3 is 2.46 bits per heavy atom. The molecule has 0 radical (unpaired) electrons. The first-order valence-corrected chi connectivity index (χ1v) is 9.81. The Bertz CT molecular complexity index is 665. The summed E-state index contributed by atoms with van der Waals surface area (Å²) in [4.78, 5) is 23.9. The molecule has 1 aromatic carbocycles. The first-order chi connectivity index (χ1) is 11.4. The SMILES string of the molecule is CC(OC(=O)CCS(=O)(=O)c1ccccc1)C(=O)NC1CCCC1. The molecule has 1 N–H and O–H groups in total. The Labute approximate surface area is 142 Å². The van der Waals surface area contributed by atoms with Gasteiger partial charge in [0.25, 0.3) is 5.91 Å². The first kappa shape index (κ1) is 18.4. The Hall–Kier alpha value is -1.89. The number of hydrogen-bond donors (Lipinski definition) is 1.